The van der Waals surface area contributed by atoms with Crippen LogP contribution in [0.1, 0.15) is 35.2 Å². The number of hydrogen-bond donors (Lipinski definition) is 3. The second-order valence-electron chi connectivity index (χ2n) is 7.54. The summed E-state index contributed by atoms with van der Waals surface area (Å²) in [6, 6.07) is 10.7. The average Bonchev–Trinajstić information content (AvgIpc) is 2.79. The minimum atomic E-state index is -0.807. The first-order valence-electron chi connectivity index (χ1n) is 10.3. The molecule has 0 spiro atoms. The minimum Gasteiger partial charge on any atom is -0.467 e. The summed E-state index contributed by atoms with van der Waals surface area (Å²) < 4.78 is 4.86. The fraction of sp³-hybridized carbons (Fsp3) is 0.348. The molecule has 2 aromatic carbocycles. The van der Waals surface area contributed by atoms with Crippen molar-refractivity contribution >= 4 is 46.7 Å². The first kappa shape index (κ1) is 24.0. The molecule has 2 atom stereocenters. The van der Waals surface area contributed by atoms with E-state index in [0.29, 0.717) is 5.69 Å². The molecular weight excluding hydrogens is 453 g/mol. The lowest BCUT2D eigenvalue weighted by Gasteiger charge is -2.25. The van der Waals surface area contributed by atoms with Gasteiger partial charge in [0.15, 0.2) is 0 Å². The van der Waals surface area contributed by atoms with Crippen molar-refractivity contribution in [2.45, 2.75) is 37.8 Å². The standard InChI is InChI=1S/C23H25Cl2N3O4/c1-32-23(31)19(28-21(29)18-7-2-3-12-26-18)13-14-8-10-15(11-9-14)27-22(30)20-16(24)5-4-6-17(20)25/h4-6,8-11,18-19,26H,2-3,7,12-13H2,1H3,(H,27,30)(H,28,29). The molecule has 3 rings (SSSR count). The summed E-state index contributed by atoms with van der Waals surface area (Å²) in [4.78, 5) is 37.3. The summed E-state index contributed by atoms with van der Waals surface area (Å²) in [5, 5.41) is 9.23. The van der Waals surface area contributed by atoms with Crippen LogP contribution in [-0.2, 0) is 20.7 Å². The number of nitrogens with one attached hydrogen (secondary N) is 3. The van der Waals surface area contributed by atoms with E-state index in [1.807, 2.05) is 0 Å². The third-order valence-corrected chi connectivity index (χ3v) is 5.90. The van der Waals surface area contributed by atoms with Gasteiger partial charge in [-0.15, -0.1) is 0 Å². The van der Waals surface area contributed by atoms with Crippen molar-refractivity contribution in [2.24, 2.45) is 0 Å². The third-order valence-electron chi connectivity index (χ3n) is 5.27. The molecule has 1 heterocycles. The molecule has 3 N–H and O–H groups in total. The van der Waals surface area contributed by atoms with Crippen molar-refractivity contribution in [1.29, 1.82) is 0 Å². The number of esters is 1. The summed E-state index contributed by atoms with van der Waals surface area (Å²) in [7, 11) is 1.29. The molecule has 9 heteroatoms. The molecule has 7 nitrogen and oxygen atoms in total. The molecule has 2 aromatic rings. The first-order valence-corrected chi connectivity index (χ1v) is 11.1. The van der Waals surface area contributed by atoms with Crippen molar-refractivity contribution in [3.8, 4) is 0 Å². The Morgan fingerprint density at radius 1 is 1.09 bits per heavy atom. The average molecular weight is 478 g/mol. The Bertz CT molecular complexity index is 955. The van der Waals surface area contributed by atoms with Crippen molar-refractivity contribution in [3.63, 3.8) is 0 Å². The van der Waals surface area contributed by atoms with Crippen molar-refractivity contribution in [2.75, 3.05) is 19.0 Å². The van der Waals surface area contributed by atoms with Crippen LogP contribution in [0.3, 0.4) is 0 Å². The predicted octanol–water partition coefficient (Wildman–Crippen LogP) is 3.59. The van der Waals surface area contributed by atoms with Crippen LogP contribution in [0.5, 0.6) is 0 Å². The van der Waals surface area contributed by atoms with Crippen LogP contribution in [0.2, 0.25) is 10.0 Å². The molecule has 1 fully saturated rings. The largest absolute Gasteiger partial charge is 0.467 e. The van der Waals surface area contributed by atoms with Crippen LogP contribution >= 0.6 is 23.2 Å². The Morgan fingerprint density at radius 2 is 1.78 bits per heavy atom. The maximum absolute atomic E-state index is 12.5. The van der Waals surface area contributed by atoms with E-state index in [1.54, 1.807) is 42.5 Å². The van der Waals surface area contributed by atoms with Gasteiger partial charge < -0.3 is 20.7 Å². The van der Waals surface area contributed by atoms with E-state index in [2.05, 4.69) is 16.0 Å². The molecule has 1 aliphatic rings. The Morgan fingerprint density at radius 3 is 2.38 bits per heavy atom. The third kappa shape index (κ3) is 6.22. The fourth-order valence-electron chi connectivity index (χ4n) is 3.55. The van der Waals surface area contributed by atoms with Gasteiger partial charge in [-0.05, 0) is 49.2 Å². The van der Waals surface area contributed by atoms with Gasteiger partial charge in [-0.2, -0.15) is 0 Å². The van der Waals surface area contributed by atoms with Crippen LogP contribution in [0.4, 0.5) is 5.69 Å². The monoisotopic (exact) mass is 477 g/mol. The lowest BCUT2D eigenvalue weighted by Crippen LogP contribution is -2.52. The van der Waals surface area contributed by atoms with Gasteiger partial charge in [-0.1, -0.05) is 47.8 Å². The quantitative estimate of drug-likeness (QED) is 0.529. The zero-order valence-corrected chi connectivity index (χ0v) is 19.1. The highest BCUT2D eigenvalue weighted by molar-refractivity contribution is 6.40. The van der Waals surface area contributed by atoms with Gasteiger partial charge in [-0.25, -0.2) is 4.79 Å². The molecule has 1 saturated heterocycles. The molecule has 1 aliphatic heterocycles. The Balaban J connectivity index is 1.64. The van der Waals surface area contributed by atoms with Gasteiger partial charge in [0.25, 0.3) is 5.91 Å². The van der Waals surface area contributed by atoms with Crippen LogP contribution in [0, 0.1) is 0 Å². The second kappa shape index (κ2) is 11.3. The molecule has 170 valence electrons. The summed E-state index contributed by atoms with van der Waals surface area (Å²) in [5.74, 6) is -1.14. The van der Waals surface area contributed by atoms with Gasteiger partial charge in [0.1, 0.15) is 6.04 Å². The van der Waals surface area contributed by atoms with Crippen LogP contribution in [0.25, 0.3) is 0 Å². The Kier molecular flexibility index (Phi) is 8.50. The van der Waals surface area contributed by atoms with Crippen molar-refractivity contribution < 1.29 is 19.1 Å². The normalized spacial score (nSPS) is 16.7. The van der Waals surface area contributed by atoms with E-state index in [4.69, 9.17) is 27.9 Å². The maximum atomic E-state index is 12.5. The number of amides is 2. The topological polar surface area (TPSA) is 96.5 Å². The van der Waals surface area contributed by atoms with Crippen LogP contribution in [0.15, 0.2) is 42.5 Å². The van der Waals surface area contributed by atoms with E-state index in [0.717, 1.165) is 31.4 Å². The number of carbonyl (C=O) groups excluding carboxylic acids is 3. The number of rotatable bonds is 7. The fourth-order valence-corrected chi connectivity index (χ4v) is 4.12. The molecular formula is C23H25Cl2N3O4. The predicted molar refractivity (Wildman–Crippen MR) is 124 cm³/mol. The van der Waals surface area contributed by atoms with Crippen LogP contribution in [-0.4, -0.2) is 43.5 Å². The Labute approximate surface area is 196 Å². The number of ether oxygens (including phenoxy) is 1. The number of piperidine rings is 1. The number of methoxy groups -OCH3 is 1. The van der Waals surface area contributed by atoms with E-state index in [9.17, 15) is 14.4 Å². The van der Waals surface area contributed by atoms with Gasteiger partial charge in [0.2, 0.25) is 5.91 Å². The summed E-state index contributed by atoms with van der Waals surface area (Å²) in [5.41, 5.74) is 1.54. The van der Waals surface area contributed by atoms with E-state index in [1.165, 1.54) is 7.11 Å². The summed E-state index contributed by atoms with van der Waals surface area (Å²) in [6.45, 7) is 0.785. The second-order valence-corrected chi connectivity index (χ2v) is 8.35. The van der Waals surface area contributed by atoms with Crippen molar-refractivity contribution in [1.82, 2.24) is 10.6 Å². The minimum absolute atomic E-state index is 0.199. The van der Waals surface area contributed by atoms with Gasteiger partial charge >= 0.3 is 5.97 Å². The van der Waals surface area contributed by atoms with Crippen LogP contribution < -0.4 is 16.0 Å². The molecule has 2 amide bonds. The smallest absolute Gasteiger partial charge is 0.328 e. The molecule has 0 aromatic heterocycles. The SMILES string of the molecule is COC(=O)C(Cc1ccc(NC(=O)c2c(Cl)cccc2Cl)cc1)NC(=O)C1CCCCN1. The highest BCUT2D eigenvalue weighted by Crippen LogP contribution is 2.25. The molecule has 2 unspecified atom stereocenters. The molecule has 0 aliphatic carbocycles. The highest BCUT2D eigenvalue weighted by Gasteiger charge is 2.27. The summed E-state index contributed by atoms with van der Waals surface area (Å²) >= 11 is 12.2. The van der Waals surface area contributed by atoms with Crippen molar-refractivity contribution in [3.05, 3.63) is 63.6 Å². The first-order chi connectivity index (χ1) is 15.4. The van der Waals surface area contributed by atoms with Gasteiger partial charge in [0, 0.05) is 12.1 Å². The van der Waals surface area contributed by atoms with Gasteiger partial charge in [-0.3, -0.25) is 9.59 Å². The zero-order chi connectivity index (χ0) is 23.1. The number of anilines is 1. The van der Waals surface area contributed by atoms with E-state index >= 15 is 0 Å². The number of carbonyl (C=O) groups is 3. The molecule has 32 heavy (non-hydrogen) atoms. The van der Waals surface area contributed by atoms with E-state index in [-0.39, 0.29) is 34.0 Å². The maximum Gasteiger partial charge on any atom is 0.328 e. The number of hydrogen-bond acceptors (Lipinski definition) is 5. The van der Waals surface area contributed by atoms with E-state index < -0.39 is 17.9 Å². The zero-order valence-electron chi connectivity index (χ0n) is 17.6. The lowest BCUT2D eigenvalue weighted by molar-refractivity contribution is -0.145. The molecule has 0 saturated carbocycles. The Hall–Kier alpha value is -2.61. The molecule has 0 radical (unpaired) electrons. The lowest BCUT2D eigenvalue weighted by atomic mass is 10.0. The number of benzene rings is 2. The van der Waals surface area contributed by atoms with Gasteiger partial charge in [0.05, 0.1) is 28.8 Å². The number of halogens is 2. The summed E-state index contributed by atoms with van der Waals surface area (Å²) in [6.07, 6.45) is 3.01. The highest BCUT2D eigenvalue weighted by atomic mass is 35.5. The molecule has 0 bridgehead atoms.